The van der Waals surface area contributed by atoms with E-state index in [9.17, 15) is 9.59 Å². The number of nitrogens with zero attached hydrogens (tertiary/aromatic N) is 1. The van der Waals surface area contributed by atoms with Gasteiger partial charge in [0.05, 0.1) is 26.7 Å². The highest BCUT2D eigenvalue weighted by Gasteiger charge is 2.37. The number of hydrogen-bond acceptors (Lipinski definition) is 5. The van der Waals surface area contributed by atoms with Crippen LogP contribution in [-0.2, 0) is 9.53 Å². The van der Waals surface area contributed by atoms with E-state index in [1.54, 1.807) is 32.4 Å². The molecule has 2 fully saturated rings. The Labute approximate surface area is 166 Å². The van der Waals surface area contributed by atoms with Crippen LogP contribution in [0.15, 0.2) is 18.2 Å². The van der Waals surface area contributed by atoms with Crippen LogP contribution in [0.25, 0.3) is 0 Å². The van der Waals surface area contributed by atoms with Crippen molar-refractivity contribution in [3.8, 4) is 11.5 Å². The van der Waals surface area contributed by atoms with Gasteiger partial charge in [-0.3, -0.25) is 9.59 Å². The summed E-state index contributed by atoms with van der Waals surface area (Å²) < 4.78 is 16.2. The Balaban J connectivity index is 1.92. The molecule has 2 aliphatic rings. The SMILES string of the molecule is COc1cc(OC)cc(C(=O)N2CCCOCCNC(=O)[C@@H]3CCCC[C@@H]32)c1. The normalized spacial score (nSPS) is 23.8. The van der Waals surface area contributed by atoms with Gasteiger partial charge in [0.25, 0.3) is 5.91 Å². The number of fused-ring (bicyclic) bond motifs is 1. The molecule has 28 heavy (non-hydrogen) atoms. The molecule has 1 heterocycles. The largest absolute Gasteiger partial charge is 0.497 e. The Hall–Kier alpha value is -2.28. The molecule has 1 aromatic rings. The summed E-state index contributed by atoms with van der Waals surface area (Å²) in [5.41, 5.74) is 0.511. The molecule has 2 amide bonds. The molecule has 1 saturated heterocycles. The Morgan fingerprint density at radius 1 is 1.07 bits per heavy atom. The molecule has 0 bridgehead atoms. The molecule has 3 rings (SSSR count). The molecule has 0 unspecified atom stereocenters. The molecule has 0 radical (unpaired) electrons. The van der Waals surface area contributed by atoms with Crippen LogP contribution in [0.4, 0.5) is 0 Å². The van der Waals surface area contributed by atoms with Crippen molar-refractivity contribution < 1.29 is 23.8 Å². The number of carbonyl (C=O) groups is 2. The molecular weight excluding hydrogens is 360 g/mol. The van der Waals surface area contributed by atoms with Crippen LogP contribution in [0.5, 0.6) is 11.5 Å². The minimum absolute atomic E-state index is 0.0243. The van der Waals surface area contributed by atoms with Gasteiger partial charge in [0, 0.05) is 37.4 Å². The molecule has 2 atom stereocenters. The van der Waals surface area contributed by atoms with Crippen LogP contribution < -0.4 is 14.8 Å². The number of carbonyl (C=O) groups excluding carboxylic acids is 2. The average Bonchev–Trinajstić information content (AvgIpc) is 2.77. The molecule has 0 aromatic heterocycles. The van der Waals surface area contributed by atoms with Gasteiger partial charge >= 0.3 is 0 Å². The molecule has 154 valence electrons. The summed E-state index contributed by atoms with van der Waals surface area (Å²) in [5, 5.41) is 2.97. The summed E-state index contributed by atoms with van der Waals surface area (Å²) in [7, 11) is 3.13. The van der Waals surface area contributed by atoms with Crippen LogP contribution in [0.1, 0.15) is 42.5 Å². The van der Waals surface area contributed by atoms with Gasteiger partial charge in [0.2, 0.25) is 5.91 Å². The summed E-state index contributed by atoms with van der Waals surface area (Å²) >= 11 is 0. The second-order valence-corrected chi connectivity index (χ2v) is 7.32. The third kappa shape index (κ3) is 4.76. The standard InChI is InChI=1S/C21H30N2O5/c1-26-16-12-15(13-17(14-16)27-2)21(25)23-9-5-10-28-11-8-22-20(24)18-6-3-4-7-19(18)23/h12-14,18-19H,3-11H2,1-2H3,(H,22,24)/t18-,19+/m1/s1. The van der Waals surface area contributed by atoms with E-state index in [0.717, 1.165) is 32.1 Å². The van der Waals surface area contributed by atoms with Gasteiger partial charge in [-0.25, -0.2) is 0 Å². The van der Waals surface area contributed by atoms with Crippen LogP contribution in [0.3, 0.4) is 0 Å². The van der Waals surface area contributed by atoms with Crippen molar-refractivity contribution in [1.82, 2.24) is 10.2 Å². The predicted molar refractivity (Wildman–Crippen MR) is 105 cm³/mol. The zero-order valence-corrected chi connectivity index (χ0v) is 16.7. The van der Waals surface area contributed by atoms with Crippen LogP contribution in [-0.4, -0.2) is 63.3 Å². The quantitative estimate of drug-likeness (QED) is 0.857. The van der Waals surface area contributed by atoms with Gasteiger partial charge in [0.1, 0.15) is 11.5 Å². The number of nitrogens with one attached hydrogen (secondary N) is 1. The van der Waals surface area contributed by atoms with Gasteiger partial charge in [-0.05, 0) is 31.4 Å². The fourth-order valence-electron chi connectivity index (χ4n) is 4.12. The first kappa shape index (κ1) is 20.5. The van der Waals surface area contributed by atoms with Crippen molar-refractivity contribution in [2.24, 2.45) is 5.92 Å². The second kappa shape index (κ2) is 9.78. The monoisotopic (exact) mass is 390 g/mol. The first-order valence-electron chi connectivity index (χ1n) is 10.0. The zero-order chi connectivity index (χ0) is 19.9. The first-order valence-corrected chi connectivity index (χ1v) is 10.0. The van der Waals surface area contributed by atoms with Crippen LogP contribution in [0.2, 0.25) is 0 Å². The fraction of sp³-hybridized carbons (Fsp3) is 0.619. The van der Waals surface area contributed by atoms with Crippen molar-refractivity contribution in [1.29, 1.82) is 0 Å². The van der Waals surface area contributed by atoms with Crippen molar-refractivity contribution in [3.05, 3.63) is 23.8 Å². The fourth-order valence-corrected chi connectivity index (χ4v) is 4.12. The van der Waals surface area contributed by atoms with E-state index in [0.29, 0.717) is 43.4 Å². The lowest BCUT2D eigenvalue weighted by Gasteiger charge is -2.39. The summed E-state index contributed by atoms with van der Waals surface area (Å²) in [6, 6.07) is 5.10. The maximum atomic E-state index is 13.5. The highest BCUT2D eigenvalue weighted by molar-refractivity contribution is 5.96. The number of methoxy groups -OCH3 is 2. The lowest BCUT2D eigenvalue weighted by molar-refractivity contribution is -0.128. The topological polar surface area (TPSA) is 77.1 Å². The van der Waals surface area contributed by atoms with E-state index in [1.807, 2.05) is 4.90 Å². The van der Waals surface area contributed by atoms with Crippen LogP contribution in [0, 0.1) is 5.92 Å². The summed E-state index contributed by atoms with van der Waals surface area (Å²) in [6.07, 6.45) is 4.43. The van der Waals surface area contributed by atoms with E-state index in [4.69, 9.17) is 14.2 Å². The highest BCUT2D eigenvalue weighted by Crippen LogP contribution is 2.31. The Bertz CT molecular complexity index is 671. The minimum atomic E-state index is -0.177. The molecule has 0 spiro atoms. The number of amides is 2. The van der Waals surface area contributed by atoms with E-state index in [2.05, 4.69) is 5.32 Å². The third-order valence-corrected chi connectivity index (χ3v) is 5.56. The lowest BCUT2D eigenvalue weighted by atomic mass is 9.82. The Morgan fingerprint density at radius 3 is 2.50 bits per heavy atom. The number of benzene rings is 1. The maximum absolute atomic E-state index is 13.5. The number of ether oxygens (including phenoxy) is 3. The Morgan fingerprint density at radius 2 is 1.79 bits per heavy atom. The van der Waals surface area contributed by atoms with Crippen molar-refractivity contribution in [2.45, 2.75) is 38.1 Å². The molecule has 1 aromatic carbocycles. The molecule has 1 aliphatic carbocycles. The molecule has 1 aliphatic heterocycles. The van der Waals surface area contributed by atoms with Gasteiger partial charge in [-0.2, -0.15) is 0 Å². The average molecular weight is 390 g/mol. The number of rotatable bonds is 3. The molecule has 7 nitrogen and oxygen atoms in total. The van der Waals surface area contributed by atoms with E-state index >= 15 is 0 Å². The number of hydrogen-bond donors (Lipinski definition) is 1. The highest BCUT2D eigenvalue weighted by atomic mass is 16.5. The van der Waals surface area contributed by atoms with Gasteiger partial charge in [-0.1, -0.05) is 12.8 Å². The third-order valence-electron chi connectivity index (χ3n) is 5.56. The van der Waals surface area contributed by atoms with E-state index < -0.39 is 0 Å². The van der Waals surface area contributed by atoms with Crippen molar-refractivity contribution in [2.75, 3.05) is 40.5 Å². The summed E-state index contributed by atoms with van der Waals surface area (Å²) in [4.78, 5) is 28.1. The van der Waals surface area contributed by atoms with Gasteiger partial charge < -0.3 is 24.4 Å². The van der Waals surface area contributed by atoms with E-state index in [1.165, 1.54) is 0 Å². The van der Waals surface area contributed by atoms with Gasteiger partial charge in [0.15, 0.2) is 0 Å². The van der Waals surface area contributed by atoms with Gasteiger partial charge in [-0.15, -0.1) is 0 Å². The Kier molecular flexibility index (Phi) is 7.14. The van der Waals surface area contributed by atoms with Crippen molar-refractivity contribution in [3.63, 3.8) is 0 Å². The smallest absolute Gasteiger partial charge is 0.254 e. The molecule has 1 saturated carbocycles. The summed E-state index contributed by atoms with van der Waals surface area (Å²) in [5.74, 6) is 0.893. The second-order valence-electron chi connectivity index (χ2n) is 7.32. The zero-order valence-electron chi connectivity index (χ0n) is 16.7. The first-order chi connectivity index (χ1) is 13.6. The lowest BCUT2D eigenvalue weighted by Crippen LogP contribution is -2.51. The molecular formula is C21H30N2O5. The summed E-state index contributed by atoms with van der Waals surface area (Å²) in [6.45, 7) is 2.15. The molecule has 7 heteroatoms. The van der Waals surface area contributed by atoms with E-state index in [-0.39, 0.29) is 23.8 Å². The molecule has 1 N–H and O–H groups in total. The van der Waals surface area contributed by atoms with Crippen LogP contribution >= 0.6 is 0 Å². The maximum Gasteiger partial charge on any atom is 0.254 e. The minimum Gasteiger partial charge on any atom is -0.497 e. The van der Waals surface area contributed by atoms with Crippen molar-refractivity contribution >= 4 is 11.8 Å². The predicted octanol–water partition coefficient (Wildman–Crippen LogP) is 2.24.